The fraction of sp³-hybridized carbons (Fsp3) is 0.0426. The Balaban J connectivity index is 1.33. The van der Waals surface area contributed by atoms with Gasteiger partial charge in [0.05, 0.1) is 17.9 Å². The van der Waals surface area contributed by atoms with Gasteiger partial charge in [0.2, 0.25) is 0 Å². The van der Waals surface area contributed by atoms with Gasteiger partial charge < -0.3 is 0 Å². The standard InChI is InChI=1S/C47H32N2S/c1-2-44-48-40-22-9-10-23-41(40)49(44)33-17-12-16-32(28-33)45-34-18-6-7-19-35(34)46(39-29-31(26-27-36(39)45)30-14-4-3-5-15-30)38-21-13-25-43-47(38)37-20-8-11-24-42(37)50-43/h3-29H,2H2,1H3/i1D3,2D2,3D,4D,5D,14D,15D. The lowest BCUT2D eigenvalue weighted by atomic mass is 9.84. The number of nitrogens with zero attached hydrogens (tertiary/aromatic N) is 2. The molecule has 2 aromatic heterocycles. The van der Waals surface area contributed by atoms with Gasteiger partial charge in [0.1, 0.15) is 5.82 Å². The zero-order valence-corrected chi connectivity index (χ0v) is 27.3. The van der Waals surface area contributed by atoms with Crippen LogP contribution in [-0.2, 0) is 6.37 Å². The molecule has 8 aromatic carbocycles. The number of imidazole rings is 1. The molecule has 0 radical (unpaired) electrons. The summed E-state index contributed by atoms with van der Waals surface area (Å²) in [6.45, 7) is -3.00. The summed E-state index contributed by atoms with van der Waals surface area (Å²) in [5.74, 6) is -0.231. The van der Waals surface area contributed by atoms with E-state index in [0.29, 0.717) is 22.3 Å². The van der Waals surface area contributed by atoms with E-state index in [1.54, 1.807) is 40.2 Å². The molecule has 0 fully saturated rings. The van der Waals surface area contributed by atoms with Gasteiger partial charge in [-0.1, -0.05) is 128 Å². The van der Waals surface area contributed by atoms with Crippen molar-refractivity contribution in [3.63, 3.8) is 0 Å². The van der Waals surface area contributed by atoms with Gasteiger partial charge in [0.15, 0.2) is 0 Å². The number of hydrogen-bond donors (Lipinski definition) is 0. The summed E-state index contributed by atoms with van der Waals surface area (Å²) in [5.41, 5.74) is 5.66. The van der Waals surface area contributed by atoms with E-state index in [1.807, 2.05) is 66.7 Å². The number of para-hydroxylation sites is 2. The third-order valence-electron chi connectivity index (χ3n) is 9.55. The number of hydrogen-bond acceptors (Lipinski definition) is 2. The third kappa shape index (κ3) is 4.44. The molecule has 0 aliphatic carbocycles. The van der Waals surface area contributed by atoms with Crippen LogP contribution in [0.2, 0.25) is 0 Å². The zero-order chi connectivity index (χ0) is 41.8. The molecule has 0 unspecified atom stereocenters. The molecule has 0 N–H and O–H groups in total. The Kier molecular flexibility index (Phi) is 4.73. The molecule has 2 heterocycles. The van der Waals surface area contributed by atoms with Crippen molar-refractivity contribution in [2.45, 2.75) is 13.2 Å². The lowest BCUT2D eigenvalue weighted by molar-refractivity contribution is 0.908. The number of benzene rings is 8. The van der Waals surface area contributed by atoms with Gasteiger partial charge in [-0.3, -0.25) is 4.57 Å². The van der Waals surface area contributed by atoms with Crippen LogP contribution in [0.4, 0.5) is 0 Å². The fourth-order valence-corrected chi connectivity index (χ4v) is 8.62. The number of thiophene rings is 1. The van der Waals surface area contributed by atoms with Crippen LogP contribution in [-0.4, -0.2) is 9.55 Å². The normalized spacial score (nSPS) is 15.2. The van der Waals surface area contributed by atoms with Crippen molar-refractivity contribution >= 4 is 64.1 Å². The number of rotatable bonds is 5. The van der Waals surface area contributed by atoms with Gasteiger partial charge in [0, 0.05) is 39.1 Å². The highest BCUT2D eigenvalue weighted by Gasteiger charge is 2.21. The van der Waals surface area contributed by atoms with Gasteiger partial charge >= 0.3 is 0 Å². The average molecular weight is 667 g/mol. The fourth-order valence-electron chi connectivity index (χ4n) is 7.48. The second-order valence-electron chi connectivity index (χ2n) is 12.3. The summed E-state index contributed by atoms with van der Waals surface area (Å²) in [6, 6.07) is 41.2. The molecule has 0 spiro atoms. The maximum absolute atomic E-state index is 8.89. The highest BCUT2D eigenvalue weighted by molar-refractivity contribution is 7.25. The van der Waals surface area contributed by atoms with E-state index in [4.69, 9.17) is 13.7 Å². The molecule has 0 bridgehead atoms. The van der Waals surface area contributed by atoms with Crippen LogP contribution >= 0.6 is 11.3 Å². The minimum atomic E-state index is -3.00. The van der Waals surface area contributed by atoms with Crippen LogP contribution in [0.5, 0.6) is 0 Å². The summed E-state index contributed by atoms with van der Waals surface area (Å²) in [7, 11) is 0. The number of aryl methyl sites for hydroxylation is 1. The van der Waals surface area contributed by atoms with Gasteiger partial charge in [-0.15, -0.1) is 11.3 Å². The van der Waals surface area contributed by atoms with Crippen molar-refractivity contribution in [2.24, 2.45) is 0 Å². The van der Waals surface area contributed by atoms with Crippen molar-refractivity contribution in [2.75, 3.05) is 0 Å². The van der Waals surface area contributed by atoms with Crippen LogP contribution in [0.1, 0.15) is 26.4 Å². The van der Waals surface area contributed by atoms with Crippen molar-refractivity contribution in [3.8, 4) is 39.1 Å². The van der Waals surface area contributed by atoms with Crippen LogP contribution < -0.4 is 0 Å². The van der Waals surface area contributed by atoms with Crippen LogP contribution in [0.15, 0.2) is 164 Å². The SMILES string of the molecule is [2H]c1c([2H])c([2H])c(-c2ccc3c(-c4cccc(-n5c(C([2H])([2H])C([2H])([2H])[2H])nc6ccccc65)c4)c4ccccc4c(-c4cccc5sc6ccccc6c45)c3c2)c([2H])c1[2H]. The molecular formula is C47H32N2S. The zero-order valence-electron chi connectivity index (χ0n) is 36.5. The number of fused-ring (bicyclic) bond motifs is 6. The van der Waals surface area contributed by atoms with Crippen LogP contribution in [0.3, 0.4) is 0 Å². The summed E-state index contributed by atoms with van der Waals surface area (Å²) in [5, 5.41) is 5.70. The Hall–Kier alpha value is -6.03. The van der Waals surface area contributed by atoms with Crippen molar-refractivity contribution in [1.29, 1.82) is 0 Å². The Morgan fingerprint density at radius 3 is 2.24 bits per heavy atom. The first-order valence-electron chi connectivity index (χ1n) is 21.3. The van der Waals surface area contributed by atoms with Gasteiger partial charge in [-0.05, 0) is 97.4 Å². The second kappa shape index (κ2) is 11.5. The molecule has 2 nitrogen and oxygen atoms in total. The van der Waals surface area contributed by atoms with E-state index >= 15 is 0 Å². The second-order valence-corrected chi connectivity index (χ2v) is 13.4. The Bertz CT molecular complexity index is 3390. The first kappa shape index (κ1) is 20.5. The first-order chi connectivity index (χ1) is 28.8. The minimum absolute atomic E-state index is 0.104. The highest BCUT2D eigenvalue weighted by Crippen LogP contribution is 2.48. The lowest BCUT2D eigenvalue weighted by Gasteiger charge is -2.20. The predicted octanol–water partition coefficient (Wildman–Crippen LogP) is 13.3. The summed E-state index contributed by atoms with van der Waals surface area (Å²) in [6.07, 6.45) is -2.78. The van der Waals surface area contributed by atoms with Crippen molar-refractivity contribution in [1.82, 2.24) is 9.55 Å². The molecule has 3 heteroatoms. The monoisotopic (exact) mass is 666 g/mol. The molecule has 0 atom stereocenters. The summed E-state index contributed by atoms with van der Waals surface area (Å²) < 4.78 is 88.8. The Morgan fingerprint density at radius 2 is 1.36 bits per heavy atom. The maximum Gasteiger partial charge on any atom is 0.114 e. The molecule has 0 amide bonds. The van der Waals surface area contributed by atoms with E-state index in [9.17, 15) is 0 Å². The van der Waals surface area contributed by atoms with E-state index in [-0.39, 0.29) is 23.5 Å². The third-order valence-corrected chi connectivity index (χ3v) is 10.7. The van der Waals surface area contributed by atoms with Gasteiger partial charge in [-0.25, -0.2) is 4.98 Å². The highest BCUT2D eigenvalue weighted by atomic mass is 32.1. The van der Waals surface area contributed by atoms with E-state index in [1.165, 1.54) is 0 Å². The smallest absolute Gasteiger partial charge is 0.114 e. The number of aromatic nitrogens is 2. The first-order valence-corrected chi connectivity index (χ1v) is 17.1. The quantitative estimate of drug-likeness (QED) is 0.167. The van der Waals surface area contributed by atoms with Crippen LogP contribution in [0, 0.1) is 0 Å². The molecule has 0 saturated carbocycles. The molecule has 0 aliphatic rings. The predicted molar refractivity (Wildman–Crippen MR) is 215 cm³/mol. The maximum atomic E-state index is 8.89. The molecule has 10 rings (SSSR count). The lowest BCUT2D eigenvalue weighted by Crippen LogP contribution is -2.00. The van der Waals surface area contributed by atoms with Crippen molar-refractivity contribution < 1.29 is 13.7 Å². The molecular weight excluding hydrogens is 625 g/mol. The summed E-state index contributed by atoms with van der Waals surface area (Å²) >= 11 is 1.72. The molecule has 10 aromatic rings. The minimum Gasteiger partial charge on any atom is -0.296 e. The molecule has 236 valence electrons. The summed E-state index contributed by atoms with van der Waals surface area (Å²) in [4.78, 5) is 4.55. The van der Waals surface area contributed by atoms with E-state index < -0.39 is 31.4 Å². The molecule has 0 aliphatic heterocycles. The Morgan fingerprint density at radius 1 is 0.620 bits per heavy atom. The largest absolute Gasteiger partial charge is 0.296 e. The van der Waals surface area contributed by atoms with Crippen molar-refractivity contribution in [3.05, 3.63) is 169 Å². The Labute approximate surface area is 308 Å². The average Bonchev–Trinajstić information content (AvgIpc) is 3.84. The van der Waals surface area contributed by atoms with Gasteiger partial charge in [0.25, 0.3) is 0 Å². The van der Waals surface area contributed by atoms with Gasteiger partial charge in [-0.2, -0.15) is 0 Å². The molecule has 50 heavy (non-hydrogen) atoms. The topological polar surface area (TPSA) is 17.8 Å². The van der Waals surface area contributed by atoms with E-state index in [0.717, 1.165) is 64.0 Å². The molecule has 0 saturated heterocycles. The van der Waals surface area contributed by atoms with Crippen LogP contribution in [0.25, 0.3) is 91.8 Å². The van der Waals surface area contributed by atoms with E-state index in [2.05, 4.69) is 47.4 Å².